The van der Waals surface area contributed by atoms with Crippen LogP contribution < -0.4 is 4.90 Å². The van der Waals surface area contributed by atoms with Crippen LogP contribution in [0, 0.1) is 0 Å². The van der Waals surface area contributed by atoms with Crippen LogP contribution in [0.2, 0.25) is 0 Å². The SMILES string of the molecule is CCC(C)(C)N(C)c1ccc(C=O)cn1. The average Bonchev–Trinajstić information content (AvgIpc) is 2.28. The number of hydrogen-bond donors (Lipinski definition) is 0. The minimum Gasteiger partial charge on any atom is -0.355 e. The van der Waals surface area contributed by atoms with Crippen molar-refractivity contribution in [2.24, 2.45) is 0 Å². The second-order valence-electron chi connectivity index (χ2n) is 4.29. The first-order valence-corrected chi connectivity index (χ1v) is 5.16. The summed E-state index contributed by atoms with van der Waals surface area (Å²) in [5, 5.41) is 0. The van der Waals surface area contributed by atoms with Crippen molar-refractivity contribution in [3.63, 3.8) is 0 Å². The average molecular weight is 206 g/mol. The molecule has 1 aromatic heterocycles. The third-order valence-corrected chi connectivity index (χ3v) is 3.02. The van der Waals surface area contributed by atoms with E-state index in [4.69, 9.17) is 0 Å². The zero-order valence-corrected chi connectivity index (χ0v) is 9.82. The first-order valence-electron chi connectivity index (χ1n) is 5.16. The topological polar surface area (TPSA) is 33.2 Å². The number of carbonyl (C=O) groups is 1. The van der Waals surface area contributed by atoms with Gasteiger partial charge in [-0.1, -0.05) is 6.92 Å². The molecule has 1 rings (SSSR count). The molecule has 82 valence electrons. The quantitative estimate of drug-likeness (QED) is 0.710. The highest BCUT2D eigenvalue weighted by Crippen LogP contribution is 2.22. The van der Waals surface area contributed by atoms with Gasteiger partial charge in [0.25, 0.3) is 0 Å². The van der Waals surface area contributed by atoms with E-state index in [0.29, 0.717) is 5.56 Å². The molecule has 0 radical (unpaired) electrons. The Labute approximate surface area is 91.1 Å². The van der Waals surface area contributed by atoms with Gasteiger partial charge in [-0.25, -0.2) is 4.98 Å². The molecule has 0 saturated carbocycles. The molecule has 0 aliphatic rings. The maximum atomic E-state index is 10.5. The molecular weight excluding hydrogens is 188 g/mol. The van der Waals surface area contributed by atoms with Crippen molar-refractivity contribution in [3.05, 3.63) is 23.9 Å². The highest BCUT2D eigenvalue weighted by atomic mass is 16.1. The largest absolute Gasteiger partial charge is 0.355 e. The van der Waals surface area contributed by atoms with E-state index >= 15 is 0 Å². The van der Waals surface area contributed by atoms with E-state index in [9.17, 15) is 4.79 Å². The molecule has 0 saturated heterocycles. The van der Waals surface area contributed by atoms with Gasteiger partial charge in [0.05, 0.1) is 0 Å². The molecular formula is C12H18N2O. The van der Waals surface area contributed by atoms with E-state index < -0.39 is 0 Å². The predicted octanol–water partition coefficient (Wildman–Crippen LogP) is 2.52. The summed E-state index contributed by atoms with van der Waals surface area (Å²) in [5.74, 6) is 0.896. The van der Waals surface area contributed by atoms with Crippen LogP contribution >= 0.6 is 0 Å². The van der Waals surface area contributed by atoms with E-state index in [0.717, 1.165) is 18.5 Å². The van der Waals surface area contributed by atoms with Crippen LogP contribution in [0.15, 0.2) is 18.3 Å². The molecule has 1 aromatic rings. The van der Waals surface area contributed by atoms with Crippen LogP contribution in [0.1, 0.15) is 37.6 Å². The van der Waals surface area contributed by atoms with E-state index in [1.54, 1.807) is 12.3 Å². The van der Waals surface area contributed by atoms with Gasteiger partial charge in [-0.05, 0) is 32.4 Å². The van der Waals surface area contributed by atoms with Gasteiger partial charge in [-0.3, -0.25) is 4.79 Å². The summed E-state index contributed by atoms with van der Waals surface area (Å²) in [6.07, 6.45) is 3.45. The number of pyridine rings is 1. The number of aldehydes is 1. The van der Waals surface area contributed by atoms with Crippen LogP contribution in [0.25, 0.3) is 0 Å². The number of hydrogen-bond acceptors (Lipinski definition) is 3. The predicted molar refractivity (Wildman–Crippen MR) is 62.4 cm³/mol. The Kier molecular flexibility index (Phi) is 3.45. The van der Waals surface area contributed by atoms with Crippen LogP contribution in [0.3, 0.4) is 0 Å². The molecule has 0 spiro atoms. The minimum absolute atomic E-state index is 0.0791. The van der Waals surface area contributed by atoms with Gasteiger partial charge < -0.3 is 4.90 Å². The molecule has 3 heteroatoms. The van der Waals surface area contributed by atoms with Gasteiger partial charge in [-0.15, -0.1) is 0 Å². The van der Waals surface area contributed by atoms with Crippen LogP contribution in [-0.4, -0.2) is 23.9 Å². The van der Waals surface area contributed by atoms with Crippen molar-refractivity contribution in [2.45, 2.75) is 32.7 Å². The Morgan fingerprint density at radius 1 is 1.47 bits per heavy atom. The third kappa shape index (κ3) is 2.55. The van der Waals surface area contributed by atoms with Gasteiger partial charge in [0.1, 0.15) is 5.82 Å². The highest BCUT2D eigenvalue weighted by molar-refractivity contribution is 5.74. The molecule has 0 fully saturated rings. The number of aromatic nitrogens is 1. The maximum Gasteiger partial charge on any atom is 0.151 e. The van der Waals surface area contributed by atoms with E-state index in [2.05, 4.69) is 30.7 Å². The van der Waals surface area contributed by atoms with Crippen molar-refractivity contribution in [1.82, 2.24) is 4.98 Å². The normalized spacial score (nSPS) is 11.2. The van der Waals surface area contributed by atoms with Gasteiger partial charge in [0.15, 0.2) is 6.29 Å². The van der Waals surface area contributed by atoms with E-state index in [1.165, 1.54) is 0 Å². The summed E-state index contributed by atoms with van der Waals surface area (Å²) in [6, 6.07) is 3.67. The van der Waals surface area contributed by atoms with E-state index in [1.807, 2.05) is 13.1 Å². The number of rotatable bonds is 4. The first kappa shape index (κ1) is 11.7. The molecule has 0 amide bonds. The van der Waals surface area contributed by atoms with E-state index in [-0.39, 0.29) is 5.54 Å². The zero-order chi connectivity index (χ0) is 11.5. The van der Waals surface area contributed by atoms with Gasteiger partial charge in [0.2, 0.25) is 0 Å². The third-order valence-electron chi connectivity index (χ3n) is 3.02. The van der Waals surface area contributed by atoms with Crippen molar-refractivity contribution in [3.8, 4) is 0 Å². The molecule has 0 bridgehead atoms. The highest BCUT2D eigenvalue weighted by Gasteiger charge is 2.21. The Morgan fingerprint density at radius 3 is 2.53 bits per heavy atom. The van der Waals surface area contributed by atoms with Crippen molar-refractivity contribution in [1.29, 1.82) is 0 Å². The second-order valence-corrected chi connectivity index (χ2v) is 4.29. The summed E-state index contributed by atoms with van der Waals surface area (Å²) < 4.78 is 0. The summed E-state index contributed by atoms with van der Waals surface area (Å²) in [4.78, 5) is 16.9. The second kappa shape index (κ2) is 4.43. The van der Waals surface area contributed by atoms with Gasteiger partial charge in [-0.2, -0.15) is 0 Å². The lowest BCUT2D eigenvalue weighted by molar-refractivity contribution is 0.112. The molecule has 0 N–H and O–H groups in total. The summed E-state index contributed by atoms with van der Waals surface area (Å²) in [7, 11) is 2.02. The van der Waals surface area contributed by atoms with Crippen molar-refractivity contribution < 1.29 is 4.79 Å². The zero-order valence-electron chi connectivity index (χ0n) is 9.82. The van der Waals surface area contributed by atoms with Crippen LogP contribution in [0.5, 0.6) is 0 Å². The van der Waals surface area contributed by atoms with Crippen LogP contribution in [0.4, 0.5) is 5.82 Å². The Morgan fingerprint density at radius 2 is 2.13 bits per heavy atom. The smallest absolute Gasteiger partial charge is 0.151 e. The molecule has 0 aromatic carbocycles. The number of carbonyl (C=O) groups excluding carboxylic acids is 1. The first-order chi connectivity index (χ1) is 7.01. The fourth-order valence-corrected chi connectivity index (χ4v) is 1.21. The maximum absolute atomic E-state index is 10.5. The minimum atomic E-state index is 0.0791. The fourth-order valence-electron chi connectivity index (χ4n) is 1.21. The standard InChI is InChI=1S/C12H18N2O/c1-5-12(2,3)14(4)11-7-6-10(9-15)8-13-11/h6-9H,5H2,1-4H3. The summed E-state index contributed by atoms with van der Waals surface area (Å²) in [5.41, 5.74) is 0.692. The van der Waals surface area contributed by atoms with Gasteiger partial charge in [0, 0.05) is 24.3 Å². The Balaban J connectivity index is 2.91. The number of anilines is 1. The lowest BCUT2D eigenvalue weighted by atomic mass is 10.00. The fraction of sp³-hybridized carbons (Fsp3) is 0.500. The summed E-state index contributed by atoms with van der Waals surface area (Å²) in [6.45, 7) is 6.49. The van der Waals surface area contributed by atoms with Crippen molar-refractivity contribution >= 4 is 12.1 Å². The van der Waals surface area contributed by atoms with Gasteiger partial charge >= 0.3 is 0 Å². The molecule has 3 nitrogen and oxygen atoms in total. The molecule has 0 aliphatic carbocycles. The molecule has 1 heterocycles. The van der Waals surface area contributed by atoms with Crippen LogP contribution in [-0.2, 0) is 0 Å². The summed E-state index contributed by atoms with van der Waals surface area (Å²) >= 11 is 0. The molecule has 15 heavy (non-hydrogen) atoms. The monoisotopic (exact) mass is 206 g/mol. The lowest BCUT2D eigenvalue weighted by Crippen LogP contribution is -2.41. The van der Waals surface area contributed by atoms with Crippen molar-refractivity contribution in [2.75, 3.05) is 11.9 Å². The Hall–Kier alpha value is -1.38. The molecule has 0 atom stereocenters. The molecule has 0 aliphatic heterocycles. The number of nitrogens with zero attached hydrogens (tertiary/aromatic N) is 2. The Bertz CT molecular complexity index is 330. The molecule has 0 unspecified atom stereocenters. The lowest BCUT2D eigenvalue weighted by Gasteiger charge is -2.35.